The van der Waals surface area contributed by atoms with Gasteiger partial charge in [-0.05, 0) is 16.7 Å². The highest BCUT2D eigenvalue weighted by molar-refractivity contribution is 5.88. The molecule has 0 saturated carbocycles. The molecule has 0 bridgehead atoms. The molecule has 0 aromatic heterocycles. The fourth-order valence-corrected chi connectivity index (χ4v) is 2.97. The second kappa shape index (κ2) is 9.48. The summed E-state index contributed by atoms with van der Waals surface area (Å²) in [5.74, 6) is -1.04. The Morgan fingerprint density at radius 2 is 1.18 bits per heavy atom. The van der Waals surface area contributed by atoms with Crippen LogP contribution in [0.1, 0.15) is 28.8 Å². The van der Waals surface area contributed by atoms with E-state index in [0.717, 1.165) is 11.1 Å². The molecule has 2 amide bonds. The molecule has 0 aliphatic rings. The van der Waals surface area contributed by atoms with E-state index in [2.05, 4.69) is 5.32 Å². The lowest BCUT2D eigenvalue weighted by molar-refractivity contribution is -0.131. The SMILES string of the molecule is NC(=O)C(NC(=O)COC(c1ccccc1)c1ccccc1)c1ccccc1. The number of ether oxygens (including phenoxy) is 1. The van der Waals surface area contributed by atoms with Crippen LogP contribution >= 0.6 is 0 Å². The van der Waals surface area contributed by atoms with Crippen molar-refractivity contribution in [2.45, 2.75) is 12.1 Å². The molecule has 3 rings (SSSR count). The highest BCUT2D eigenvalue weighted by atomic mass is 16.5. The van der Waals surface area contributed by atoms with Crippen molar-refractivity contribution in [1.82, 2.24) is 5.32 Å². The molecule has 0 heterocycles. The van der Waals surface area contributed by atoms with E-state index in [1.807, 2.05) is 66.7 Å². The van der Waals surface area contributed by atoms with Gasteiger partial charge in [-0.3, -0.25) is 9.59 Å². The van der Waals surface area contributed by atoms with Crippen molar-refractivity contribution in [3.05, 3.63) is 108 Å². The van der Waals surface area contributed by atoms with E-state index in [1.54, 1.807) is 24.3 Å². The van der Waals surface area contributed by atoms with Crippen LogP contribution in [0, 0.1) is 0 Å². The lowest BCUT2D eigenvalue weighted by Gasteiger charge is -2.20. The zero-order valence-corrected chi connectivity index (χ0v) is 15.3. The van der Waals surface area contributed by atoms with Crippen LogP contribution in [0.25, 0.3) is 0 Å². The molecule has 0 saturated heterocycles. The molecule has 0 spiro atoms. The number of nitrogens with one attached hydrogen (secondary N) is 1. The summed E-state index contributed by atoms with van der Waals surface area (Å²) in [6, 6.07) is 27.3. The fourth-order valence-electron chi connectivity index (χ4n) is 2.97. The minimum absolute atomic E-state index is 0.203. The number of rotatable bonds is 8. The van der Waals surface area contributed by atoms with Crippen molar-refractivity contribution in [3.63, 3.8) is 0 Å². The molecule has 28 heavy (non-hydrogen) atoms. The lowest BCUT2D eigenvalue weighted by atomic mass is 10.0. The van der Waals surface area contributed by atoms with Crippen molar-refractivity contribution in [2.24, 2.45) is 5.73 Å². The first-order chi connectivity index (χ1) is 13.6. The summed E-state index contributed by atoms with van der Waals surface area (Å²) in [7, 11) is 0. The minimum atomic E-state index is -0.899. The average molecular weight is 374 g/mol. The molecule has 1 unspecified atom stereocenters. The Morgan fingerprint density at radius 3 is 1.61 bits per heavy atom. The molecule has 0 fully saturated rings. The van der Waals surface area contributed by atoms with Gasteiger partial charge in [-0.2, -0.15) is 0 Å². The van der Waals surface area contributed by atoms with Crippen molar-refractivity contribution in [3.8, 4) is 0 Å². The van der Waals surface area contributed by atoms with Gasteiger partial charge in [-0.25, -0.2) is 0 Å². The maximum Gasteiger partial charge on any atom is 0.246 e. The highest BCUT2D eigenvalue weighted by Crippen LogP contribution is 2.25. The molecule has 0 aliphatic carbocycles. The van der Waals surface area contributed by atoms with Gasteiger partial charge in [0.05, 0.1) is 0 Å². The number of hydrogen-bond donors (Lipinski definition) is 2. The summed E-state index contributed by atoms with van der Waals surface area (Å²) in [6.07, 6.45) is -0.392. The molecule has 3 aromatic rings. The Balaban J connectivity index is 1.71. The summed E-state index contributed by atoms with van der Waals surface area (Å²) >= 11 is 0. The number of primary amides is 1. The van der Waals surface area contributed by atoms with Crippen molar-refractivity contribution in [1.29, 1.82) is 0 Å². The van der Waals surface area contributed by atoms with Gasteiger partial charge >= 0.3 is 0 Å². The molecular formula is C23H22N2O3. The van der Waals surface area contributed by atoms with Crippen LogP contribution in [0.5, 0.6) is 0 Å². The van der Waals surface area contributed by atoms with Crippen LogP contribution in [0.15, 0.2) is 91.0 Å². The van der Waals surface area contributed by atoms with Crippen molar-refractivity contribution in [2.75, 3.05) is 6.61 Å². The summed E-state index contributed by atoms with van der Waals surface area (Å²) in [5, 5.41) is 2.65. The maximum atomic E-state index is 12.5. The predicted octanol–water partition coefficient (Wildman–Crippen LogP) is 3.14. The molecule has 0 aliphatic heterocycles. The molecule has 5 nitrogen and oxygen atoms in total. The zero-order chi connectivity index (χ0) is 19.8. The largest absolute Gasteiger partial charge is 0.368 e. The third-order valence-corrected chi connectivity index (χ3v) is 4.31. The summed E-state index contributed by atoms with van der Waals surface area (Å²) in [4.78, 5) is 24.2. The van der Waals surface area contributed by atoms with E-state index in [9.17, 15) is 9.59 Å². The van der Waals surface area contributed by atoms with Crippen LogP contribution in [0.2, 0.25) is 0 Å². The molecule has 142 valence electrons. The standard InChI is InChI=1S/C23H22N2O3/c24-23(27)21(17-10-4-1-5-11-17)25-20(26)16-28-22(18-12-6-2-7-13-18)19-14-8-3-9-15-19/h1-15,21-22H,16H2,(H2,24,27)(H,25,26). The van der Waals surface area contributed by atoms with E-state index in [4.69, 9.17) is 10.5 Å². The second-order valence-corrected chi connectivity index (χ2v) is 6.33. The van der Waals surface area contributed by atoms with Gasteiger partial charge in [-0.1, -0.05) is 91.0 Å². The lowest BCUT2D eigenvalue weighted by Crippen LogP contribution is -2.39. The number of carbonyl (C=O) groups excluding carboxylic acids is 2. The minimum Gasteiger partial charge on any atom is -0.368 e. The van der Waals surface area contributed by atoms with E-state index in [1.165, 1.54) is 0 Å². The summed E-state index contributed by atoms with van der Waals surface area (Å²) in [6.45, 7) is -0.203. The topological polar surface area (TPSA) is 81.4 Å². The zero-order valence-electron chi connectivity index (χ0n) is 15.3. The van der Waals surface area contributed by atoms with Crippen LogP contribution in [-0.4, -0.2) is 18.4 Å². The van der Waals surface area contributed by atoms with E-state index in [0.29, 0.717) is 5.56 Å². The first-order valence-corrected chi connectivity index (χ1v) is 9.00. The second-order valence-electron chi connectivity index (χ2n) is 6.33. The Labute approximate surface area is 164 Å². The Bertz CT molecular complexity index is 859. The van der Waals surface area contributed by atoms with Gasteiger partial charge in [0.15, 0.2) is 0 Å². The first-order valence-electron chi connectivity index (χ1n) is 9.00. The Morgan fingerprint density at radius 1 is 0.750 bits per heavy atom. The van der Waals surface area contributed by atoms with Gasteiger partial charge < -0.3 is 15.8 Å². The van der Waals surface area contributed by atoms with Crippen LogP contribution in [0.4, 0.5) is 0 Å². The van der Waals surface area contributed by atoms with Crippen molar-refractivity contribution >= 4 is 11.8 Å². The van der Waals surface area contributed by atoms with Gasteiger partial charge in [0.1, 0.15) is 18.8 Å². The molecule has 5 heteroatoms. The number of benzene rings is 3. The van der Waals surface area contributed by atoms with E-state index >= 15 is 0 Å². The summed E-state index contributed by atoms with van der Waals surface area (Å²) in [5.41, 5.74) is 7.97. The van der Waals surface area contributed by atoms with E-state index in [-0.39, 0.29) is 6.61 Å². The third kappa shape index (κ3) is 5.05. The number of nitrogens with two attached hydrogens (primary N) is 1. The number of amides is 2. The highest BCUT2D eigenvalue weighted by Gasteiger charge is 2.21. The maximum absolute atomic E-state index is 12.5. The fraction of sp³-hybridized carbons (Fsp3) is 0.130. The van der Waals surface area contributed by atoms with Crippen LogP contribution in [0.3, 0.4) is 0 Å². The molecule has 3 N–H and O–H groups in total. The number of carbonyl (C=O) groups is 2. The van der Waals surface area contributed by atoms with Gasteiger partial charge in [-0.15, -0.1) is 0 Å². The van der Waals surface area contributed by atoms with Gasteiger partial charge in [0.2, 0.25) is 11.8 Å². The van der Waals surface area contributed by atoms with E-state index < -0.39 is 24.0 Å². The molecule has 3 aromatic carbocycles. The predicted molar refractivity (Wildman–Crippen MR) is 107 cm³/mol. The molecular weight excluding hydrogens is 352 g/mol. The smallest absolute Gasteiger partial charge is 0.246 e. The quantitative estimate of drug-likeness (QED) is 0.636. The number of hydrogen-bond acceptors (Lipinski definition) is 3. The Hall–Kier alpha value is -3.44. The van der Waals surface area contributed by atoms with Gasteiger partial charge in [0.25, 0.3) is 0 Å². The van der Waals surface area contributed by atoms with Crippen molar-refractivity contribution < 1.29 is 14.3 Å². The van der Waals surface area contributed by atoms with Crippen LogP contribution in [-0.2, 0) is 14.3 Å². The third-order valence-electron chi connectivity index (χ3n) is 4.31. The van der Waals surface area contributed by atoms with Gasteiger partial charge in [0, 0.05) is 0 Å². The molecule has 0 radical (unpaired) electrons. The monoisotopic (exact) mass is 374 g/mol. The average Bonchev–Trinajstić information content (AvgIpc) is 2.74. The normalized spacial score (nSPS) is 11.8. The Kier molecular flexibility index (Phi) is 6.54. The molecule has 1 atom stereocenters. The first kappa shape index (κ1) is 19.3. The van der Waals surface area contributed by atoms with Crippen LogP contribution < -0.4 is 11.1 Å². The summed E-state index contributed by atoms with van der Waals surface area (Å²) < 4.78 is 5.93.